The number of carbonyl (C=O) groups is 1. The Hall–Kier alpha value is -1.75. The van der Waals surface area contributed by atoms with Gasteiger partial charge in [-0.05, 0) is 30.1 Å². The predicted octanol–water partition coefficient (Wildman–Crippen LogP) is 2.73. The first kappa shape index (κ1) is 12.7. The number of ether oxygens (including phenoxy) is 1. The highest BCUT2D eigenvalue weighted by molar-refractivity contribution is 7.08. The van der Waals surface area contributed by atoms with Crippen LogP contribution in [-0.2, 0) is 6.42 Å². The summed E-state index contributed by atoms with van der Waals surface area (Å²) in [6.45, 7) is 2.05. The molecule has 0 amide bonds. The molecule has 0 fully saturated rings. The molecule has 94 valence electrons. The minimum Gasteiger partial charge on any atom is -0.496 e. The molecular formula is C13H14N2O2S. The lowest BCUT2D eigenvalue weighted by atomic mass is 10.1. The lowest BCUT2D eigenvalue weighted by molar-refractivity contribution is 0.103. The van der Waals surface area contributed by atoms with Crippen LogP contribution in [0.4, 0.5) is 0 Å². The van der Waals surface area contributed by atoms with Crippen LogP contribution in [0.25, 0.3) is 0 Å². The normalized spacial score (nSPS) is 10.3. The number of methoxy groups -OCH3 is 1. The fourth-order valence-corrected chi connectivity index (χ4v) is 2.40. The quantitative estimate of drug-likeness (QED) is 0.777. The highest BCUT2D eigenvalue weighted by atomic mass is 32.1. The van der Waals surface area contributed by atoms with E-state index in [9.17, 15) is 4.79 Å². The molecule has 5 heteroatoms. The third kappa shape index (κ3) is 2.41. The van der Waals surface area contributed by atoms with Crippen LogP contribution in [0.5, 0.6) is 5.75 Å². The van der Waals surface area contributed by atoms with Crippen molar-refractivity contribution in [3.8, 4) is 5.75 Å². The van der Waals surface area contributed by atoms with Gasteiger partial charge in [-0.25, -0.2) is 0 Å². The molecule has 0 aliphatic carbocycles. The number of aromatic nitrogens is 2. The fourth-order valence-electron chi connectivity index (χ4n) is 1.74. The van der Waals surface area contributed by atoms with Gasteiger partial charge in [0.1, 0.15) is 10.6 Å². The summed E-state index contributed by atoms with van der Waals surface area (Å²) in [6.07, 6.45) is 1.71. The Balaban J connectivity index is 2.38. The number of benzene rings is 1. The molecule has 2 rings (SSSR count). The Kier molecular flexibility index (Phi) is 4.04. The Morgan fingerprint density at radius 3 is 2.89 bits per heavy atom. The number of ketones is 1. The van der Waals surface area contributed by atoms with Crippen LogP contribution in [0.2, 0.25) is 0 Å². The minimum absolute atomic E-state index is 0.0640. The molecule has 1 aromatic heterocycles. The molecule has 0 saturated heterocycles. The molecule has 0 aliphatic rings. The van der Waals surface area contributed by atoms with Crippen LogP contribution in [0.15, 0.2) is 24.3 Å². The van der Waals surface area contributed by atoms with E-state index in [0.29, 0.717) is 16.2 Å². The zero-order chi connectivity index (χ0) is 13.0. The van der Waals surface area contributed by atoms with Crippen LogP contribution < -0.4 is 4.74 Å². The van der Waals surface area contributed by atoms with Gasteiger partial charge in [0.2, 0.25) is 5.78 Å². The molecule has 4 nitrogen and oxygen atoms in total. The van der Waals surface area contributed by atoms with Crippen molar-refractivity contribution in [2.24, 2.45) is 0 Å². The van der Waals surface area contributed by atoms with E-state index in [1.54, 1.807) is 19.2 Å². The summed E-state index contributed by atoms with van der Waals surface area (Å²) < 4.78 is 9.08. The predicted molar refractivity (Wildman–Crippen MR) is 70.3 cm³/mol. The topological polar surface area (TPSA) is 52.1 Å². The average molecular weight is 262 g/mol. The second kappa shape index (κ2) is 5.73. The fraction of sp³-hybridized carbons (Fsp3) is 0.308. The summed E-state index contributed by atoms with van der Waals surface area (Å²) in [6, 6.07) is 7.20. The van der Waals surface area contributed by atoms with Gasteiger partial charge in [0.05, 0.1) is 18.4 Å². The number of para-hydroxylation sites is 1. The van der Waals surface area contributed by atoms with E-state index in [4.69, 9.17) is 4.74 Å². The van der Waals surface area contributed by atoms with E-state index in [2.05, 4.69) is 16.5 Å². The molecule has 0 saturated carbocycles. The third-order valence-corrected chi connectivity index (χ3v) is 3.37. The van der Waals surface area contributed by atoms with Crippen molar-refractivity contribution in [1.29, 1.82) is 0 Å². The van der Waals surface area contributed by atoms with Crippen LogP contribution in [0.3, 0.4) is 0 Å². The van der Waals surface area contributed by atoms with E-state index in [1.807, 2.05) is 12.1 Å². The van der Waals surface area contributed by atoms with Crippen molar-refractivity contribution in [2.45, 2.75) is 19.8 Å². The summed E-state index contributed by atoms with van der Waals surface area (Å²) in [7, 11) is 1.56. The molecule has 0 spiro atoms. The molecular weight excluding hydrogens is 248 g/mol. The molecule has 0 N–H and O–H groups in total. The van der Waals surface area contributed by atoms with Crippen molar-refractivity contribution < 1.29 is 9.53 Å². The standard InChI is InChI=1S/C13H14N2O2S/c1-3-6-10-13(18-15-14-10)12(16)9-7-4-5-8-11(9)17-2/h4-5,7-8H,3,6H2,1-2H3. The maximum absolute atomic E-state index is 12.4. The zero-order valence-corrected chi connectivity index (χ0v) is 11.2. The number of carbonyl (C=O) groups excluding carboxylic acids is 1. The van der Waals surface area contributed by atoms with Crippen molar-refractivity contribution in [3.05, 3.63) is 40.4 Å². The van der Waals surface area contributed by atoms with Gasteiger partial charge in [0.15, 0.2) is 0 Å². The van der Waals surface area contributed by atoms with Crippen LogP contribution in [0.1, 0.15) is 34.3 Å². The first-order valence-corrected chi connectivity index (χ1v) is 6.54. The number of rotatable bonds is 5. The molecule has 0 bridgehead atoms. The number of hydrogen-bond acceptors (Lipinski definition) is 5. The van der Waals surface area contributed by atoms with Crippen molar-refractivity contribution in [3.63, 3.8) is 0 Å². The van der Waals surface area contributed by atoms with Crippen molar-refractivity contribution >= 4 is 17.3 Å². The lowest BCUT2D eigenvalue weighted by Gasteiger charge is -2.06. The van der Waals surface area contributed by atoms with Gasteiger partial charge in [-0.3, -0.25) is 4.79 Å². The van der Waals surface area contributed by atoms with E-state index >= 15 is 0 Å². The van der Waals surface area contributed by atoms with Gasteiger partial charge in [0.25, 0.3) is 0 Å². The second-order valence-electron chi connectivity index (χ2n) is 3.83. The van der Waals surface area contributed by atoms with Crippen LogP contribution >= 0.6 is 11.5 Å². The number of nitrogens with zero attached hydrogens (tertiary/aromatic N) is 2. The molecule has 0 atom stereocenters. The first-order chi connectivity index (χ1) is 8.77. The molecule has 1 aromatic carbocycles. The average Bonchev–Trinajstić information content (AvgIpc) is 2.86. The molecule has 1 heterocycles. The third-order valence-electron chi connectivity index (χ3n) is 2.60. The van der Waals surface area contributed by atoms with Crippen molar-refractivity contribution in [1.82, 2.24) is 9.59 Å². The maximum atomic E-state index is 12.4. The highest BCUT2D eigenvalue weighted by Crippen LogP contribution is 2.24. The van der Waals surface area contributed by atoms with Crippen LogP contribution in [0, 0.1) is 0 Å². The van der Waals surface area contributed by atoms with Gasteiger partial charge in [-0.1, -0.05) is 30.0 Å². The van der Waals surface area contributed by atoms with Crippen LogP contribution in [-0.4, -0.2) is 22.5 Å². The molecule has 18 heavy (non-hydrogen) atoms. The Morgan fingerprint density at radius 1 is 1.39 bits per heavy atom. The van der Waals surface area contributed by atoms with E-state index < -0.39 is 0 Å². The summed E-state index contributed by atoms with van der Waals surface area (Å²) in [4.78, 5) is 13.0. The molecule has 0 unspecified atom stereocenters. The second-order valence-corrected chi connectivity index (χ2v) is 4.58. The van der Waals surface area contributed by atoms with E-state index in [1.165, 1.54) is 0 Å². The molecule has 2 aromatic rings. The number of hydrogen-bond donors (Lipinski definition) is 0. The van der Waals surface area contributed by atoms with E-state index in [-0.39, 0.29) is 5.78 Å². The number of aryl methyl sites for hydroxylation is 1. The maximum Gasteiger partial charge on any atom is 0.210 e. The van der Waals surface area contributed by atoms with E-state index in [0.717, 1.165) is 30.1 Å². The molecule has 0 aliphatic heterocycles. The summed E-state index contributed by atoms with van der Waals surface area (Å²) in [5.41, 5.74) is 1.34. The lowest BCUT2D eigenvalue weighted by Crippen LogP contribution is -2.05. The SMILES string of the molecule is CCCc1nnsc1C(=O)c1ccccc1OC. The van der Waals surface area contributed by atoms with Gasteiger partial charge in [0, 0.05) is 0 Å². The zero-order valence-electron chi connectivity index (χ0n) is 10.3. The Morgan fingerprint density at radius 2 is 2.17 bits per heavy atom. The molecule has 0 radical (unpaired) electrons. The van der Waals surface area contributed by atoms with Gasteiger partial charge in [-0.2, -0.15) is 0 Å². The monoisotopic (exact) mass is 262 g/mol. The summed E-state index contributed by atoms with van der Waals surface area (Å²) in [5.74, 6) is 0.518. The smallest absolute Gasteiger partial charge is 0.210 e. The summed E-state index contributed by atoms with van der Waals surface area (Å²) in [5, 5.41) is 4.01. The van der Waals surface area contributed by atoms with Gasteiger partial charge < -0.3 is 4.74 Å². The largest absolute Gasteiger partial charge is 0.496 e. The first-order valence-electron chi connectivity index (χ1n) is 5.76. The Bertz CT molecular complexity index is 551. The van der Waals surface area contributed by atoms with Gasteiger partial charge >= 0.3 is 0 Å². The Labute approximate surface area is 110 Å². The van der Waals surface area contributed by atoms with Gasteiger partial charge in [-0.15, -0.1) is 5.10 Å². The minimum atomic E-state index is -0.0640. The van der Waals surface area contributed by atoms with Crippen molar-refractivity contribution in [2.75, 3.05) is 7.11 Å². The summed E-state index contributed by atoms with van der Waals surface area (Å²) >= 11 is 1.15. The highest BCUT2D eigenvalue weighted by Gasteiger charge is 2.20.